The number of H-pyrrole nitrogens is 1. The van der Waals surface area contributed by atoms with Gasteiger partial charge in [0.05, 0.1) is 13.4 Å². The number of carbonyl (C=O) groups excluding carboxylic acids is 1. The van der Waals surface area contributed by atoms with Gasteiger partial charge in [0.2, 0.25) is 0 Å². The monoisotopic (exact) mass is 347 g/mol. The fraction of sp³-hybridized carbons (Fsp3) is 0.100. The van der Waals surface area contributed by atoms with Crippen molar-refractivity contribution in [3.8, 4) is 17.2 Å². The first-order chi connectivity index (χ1) is 12.7. The van der Waals surface area contributed by atoms with Crippen LogP contribution in [0.15, 0.2) is 65.4 Å². The van der Waals surface area contributed by atoms with Crippen molar-refractivity contribution in [3.63, 3.8) is 0 Å². The molecule has 6 heteroatoms. The number of rotatable bonds is 5. The zero-order valence-electron chi connectivity index (χ0n) is 14.2. The summed E-state index contributed by atoms with van der Waals surface area (Å²) in [6.07, 6.45) is 3.34. The van der Waals surface area contributed by atoms with E-state index in [1.807, 2.05) is 48.5 Å². The van der Waals surface area contributed by atoms with Gasteiger partial charge >= 0.3 is 0 Å². The molecule has 3 aromatic heterocycles. The van der Waals surface area contributed by atoms with E-state index >= 15 is 0 Å². The molecule has 0 radical (unpaired) electrons. The van der Waals surface area contributed by atoms with Crippen molar-refractivity contribution in [2.24, 2.45) is 0 Å². The van der Waals surface area contributed by atoms with Gasteiger partial charge in [0.1, 0.15) is 17.1 Å². The van der Waals surface area contributed by atoms with E-state index in [4.69, 9.17) is 9.15 Å². The summed E-state index contributed by atoms with van der Waals surface area (Å²) in [5.74, 6) is 1.29. The summed E-state index contributed by atoms with van der Waals surface area (Å²) in [6.45, 7) is 0.392. The Balaban J connectivity index is 1.43. The Morgan fingerprint density at radius 3 is 2.88 bits per heavy atom. The molecule has 1 amide bonds. The van der Waals surface area contributed by atoms with Crippen molar-refractivity contribution in [2.75, 3.05) is 7.11 Å². The molecule has 130 valence electrons. The van der Waals surface area contributed by atoms with Crippen molar-refractivity contribution < 1.29 is 13.9 Å². The number of benzene rings is 1. The molecule has 0 unspecified atom stereocenters. The minimum atomic E-state index is -0.171. The first-order valence-corrected chi connectivity index (χ1v) is 8.17. The van der Waals surface area contributed by atoms with Gasteiger partial charge in [-0.15, -0.1) is 0 Å². The van der Waals surface area contributed by atoms with Gasteiger partial charge in [-0.25, -0.2) is 0 Å². The number of nitrogens with zero attached hydrogens (tertiary/aromatic N) is 1. The van der Waals surface area contributed by atoms with Crippen LogP contribution in [0.1, 0.15) is 16.1 Å². The van der Waals surface area contributed by atoms with Gasteiger partial charge in [0.15, 0.2) is 5.76 Å². The van der Waals surface area contributed by atoms with E-state index in [0.29, 0.717) is 18.0 Å². The van der Waals surface area contributed by atoms with E-state index in [0.717, 1.165) is 27.9 Å². The van der Waals surface area contributed by atoms with Crippen LogP contribution in [0, 0.1) is 0 Å². The average molecular weight is 347 g/mol. The minimum Gasteiger partial charge on any atom is -0.497 e. The van der Waals surface area contributed by atoms with Crippen molar-refractivity contribution in [3.05, 3.63) is 72.2 Å². The number of hydrogen-bond acceptors (Lipinski definition) is 4. The zero-order chi connectivity index (χ0) is 17.9. The van der Waals surface area contributed by atoms with E-state index in [9.17, 15) is 4.79 Å². The number of aromatic amines is 1. The van der Waals surface area contributed by atoms with Gasteiger partial charge in [-0.1, -0.05) is 6.07 Å². The fourth-order valence-electron chi connectivity index (χ4n) is 2.73. The molecule has 0 aliphatic carbocycles. The summed E-state index contributed by atoms with van der Waals surface area (Å²) in [5.41, 5.74) is 3.04. The van der Waals surface area contributed by atoms with E-state index in [1.165, 1.54) is 0 Å². The van der Waals surface area contributed by atoms with E-state index in [1.54, 1.807) is 19.6 Å². The second kappa shape index (κ2) is 6.76. The Morgan fingerprint density at radius 1 is 1.23 bits per heavy atom. The molecule has 0 aliphatic heterocycles. The minimum absolute atomic E-state index is 0.171. The number of amides is 1. The molecule has 6 nitrogen and oxygen atoms in total. The lowest BCUT2D eigenvalue weighted by Crippen LogP contribution is -2.23. The predicted octanol–water partition coefficient (Wildman–Crippen LogP) is 3.76. The van der Waals surface area contributed by atoms with Crippen molar-refractivity contribution in [1.82, 2.24) is 15.3 Å². The summed E-state index contributed by atoms with van der Waals surface area (Å²) in [5, 5.41) is 3.85. The fourth-order valence-corrected chi connectivity index (χ4v) is 2.73. The topological polar surface area (TPSA) is 80.2 Å². The SMILES string of the molecule is COc1ccc2cc(C(=O)NCc3ccc(-c4ccco4)nc3)[nH]c2c1. The first-order valence-electron chi connectivity index (χ1n) is 8.17. The van der Waals surface area contributed by atoms with Gasteiger partial charge in [-0.2, -0.15) is 0 Å². The lowest BCUT2D eigenvalue weighted by atomic mass is 10.2. The Hall–Kier alpha value is -3.54. The molecule has 0 spiro atoms. The molecule has 0 saturated carbocycles. The van der Waals surface area contributed by atoms with E-state index in [-0.39, 0.29) is 5.91 Å². The van der Waals surface area contributed by atoms with Gasteiger partial charge in [0.25, 0.3) is 5.91 Å². The van der Waals surface area contributed by atoms with Crippen LogP contribution >= 0.6 is 0 Å². The number of fused-ring (bicyclic) bond motifs is 1. The highest BCUT2D eigenvalue weighted by atomic mass is 16.5. The van der Waals surface area contributed by atoms with Crippen LogP contribution < -0.4 is 10.1 Å². The number of hydrogen-bond donors (Lipinski definition) is 2. The number of pyridine rings is 1. The lowest BCUT2D eigenvalue weighted by molar-refractivity contribution is 0.0946. The second-order valence-corrected chi connectivity index (χ2v) is 5.85. The Labute approximate surface area is 149 Å². The third-order valence-electron chi connectivity index (χ3n) is 4.13. The first kappa shape index (κ1) is 16.0. The van der Waals surface area contributed by atoms with E-state index in [2.05, 4.69) is 15.3 Å². The molecule has 3 heterocycles. The zero-order valence-corrected chi connectivity index (χ0v) is 14.2. The van der Waals surface area contributed by atoms with Gasteiger partial charge in [-0.05, 0) is 42.0 Å². The molecule has 0 bridgehead atoms. The van der Waals surface area contributed by atoms with Gasteiger partial charge in [0, 0.05) is 29.7 Å². The number of carbonyl (C=O) groups is 1. The third-order valence-corrected chi connectivity index (χ3v) is 4.13. The van der Waals surface area contributed by atoms with Crippen LogP contribution in [-0.2, 0) is 6.54 Å². The summed E-state index contributed by atoms with van der Waals surface area (Å²) < 4.78 is 10.5. The summed E-state index contributed by atoms with van der Waals surface area (Å²) in [7, 11) is 1.61. The number of ether oxygens (including phenoxy) is 1. The molecule has 4 aromatic rings. The van der Waals surface area contributed by atoms with E-state index < -0.39 is 0 Å². The highest BCUT2D eigenvalue weighted by molar-refractivity contribution is 5.98. The van der Waals surface area contributed by atoms with Crippen LogP contribution in [0.4, 0.5) is 0 Å². The third kappa shape index (κ3) is 3.17. The Bertz CT molecular complexity index is 1030. The molecular formula is C20H17N3O3. The lowest BCUT2D eigenvalue weighted by Gasteiger charge is -2.04. The molecule has 1 aromatic carbocycles. The summed E-state index contributed by atoms with van der Waals surface area (Å²) in [4.78, 5) is 19.9. The highest BCUT2D eigenvalue weighted by Gasteiger charge is 2.10. The van der Waals surface area contributed by atoms with Gasteiger partial charge < -0.3 is 19.5 Å². The summed E-state index contributed by atoms with van der Waals surface area (Å²) in [6, 6.07) is 14.9. The standard InChI is InChI=1S/C20H17N3O3/c1-25-15-6-5-14-9-18(23-17(14)10-15)20(24)22-12-13-4-7-16(21-11-13)19-3-2-8-26-19/h2-11,23H,12H2,1H3,(H,22,24). The molecule has 0 aliphatic rings. The number of aromatic nitrogens is 2. The largest absolute Gasteiger partial charge is 0.497 e. The maximum atomic E-state index is 12.4. The molecule has 2 N–H and O–H groups in total. The van der Waals surface area contributed by atoms with Crippen LogP contribution in [0.25, 0.3) is 22.4 Å². The highest BCUT2D eigenvalue weighted by Crippen LogP contribution is 2.21. The van der Waals surface area contributed by atoms with Crippen LogP contribution in [0.3, 0.4) is 0 Å². The number of methoxy groups -OCH3 is 1. The smallest absolute Gasteiger partial charge is 0.267 e. The molecule has 26 heavy (non-hydrogen) atoms. The van der Waals surface area contributed by atoms with Crippen LogP contribution in [-0.4, -0.2) is 23.0 Å². The molecule has 0 fully saturated rings. The quantitative estimate of drug-likeness (QED) is 0.576. The predicted molar refractivity (Wildman–Crippen MR) is 98.0 cm³/mol. The van der Waals surface area contributed by atoms with Crippen molar-refractivity contribution in [1.29, 1.82) is 0 Å². The van der Waals surface area contributed by atoms with Crippen LogP contribution in [0.5, 0.6) is 5.75 Å². The maximum absolute atomic E-state index is 12.4. The molecule has 0 atom stereocenters. The second-order valence-electron chi connectivity index (χ2n) is 5.85. The number of nitrogens with one attached hydrogen (secondary N) is 2. The normalized spacial score (nSPS) is 10.8. The molecule has 4 rings (SSSR count). The Morgan fingerprint density at radius 2 is 2.15 bits per heavy atom. The summed E-state index contributed by atoms with van der Waals surface area (Å²) >= 11 is 0. The Kier molecular flexibility index (Phi) is 4.15. The maximum Gasteiger partial charge on any atom is 0.267 e. The van der Waals surface area contributed by atoms with Crippen molar-refractivity contribution >= 4 is 16.8 Å². The molecule has 0 saturated heterocycles. The molecular weight excluding hydrogens is 330 g/mol. The van der Waals surface area contributed by atoms with Crippen LogP contribution in [0.2, 0.25) is 0 Å². The van der Waals surface area contributed by atoms with Crippen molar-refractivity contribution in [2.45, 2.75) is 6.54 Å². The van der Waals surface area contributed by atoms with Gasteiger partial charge in [-0.3, -0.25) is 9.78 Å². The average Bonchev–Trinajstić information content (AvgIpc) is 3.35. The number of furan rings is 1.